The summed E-state index contributed by atoms with van der Waals surface area (Å²) < 4.78 is 53.9. The molecule has 1 heterocycles. The van der Waals surface area contributed by atoms with E-state index in [1.54, 1.807) is 30.3 Å². The number of nitrogens with zero attached hydrogens (tertiary/aromatic N) is 6. The van der Waals surface area contributed by atoms with Crippen molar-refractivity contribution in [2.24, 2.45) is 26.4 Å². The van der Waals surface area contributed by atoms with Crippen LogP contribution < -0.4 is 5.84 Å². The van der Waals surface area contributed by atoms with Crippen molar-refractivity contribution < 1.29 is 17.6 Å². The van der Waals surface area contributed by atoms with E-state index in [0.29, 0.717) is 5.69 Å². The molecule has 3 rings (SSSR count). The van der Waals surface area contributed by atoms with Gasteiger partial charge in [-0.15, -0.1) is 10.2 Å². The van der Waals surface area contributed by atoms with Crippen molar-refractivity contribution in [3.8, 4) is 11.4 Å². The van der Waals surface area contributed by atoms with E-state index in [1.165, 1.54) is 12.1 Å². The van der Waals surface area contributed by atoms with E-state index in [-0.39, 0.29) is 11.4 Å². The molecule has 2 N–H and O–H groups in total. The molecule has 142 valence electrons. The SMILES string of the molecule is NN=Nc1nc(-c2ccc(F)cc2)nc(C(F)(F)F)c1N=Nc1ccccc1. The van der Waals surface area contributed by atoms with Crippen LogP contribution in [0.25, 0.3) is 11.4 Å². The second kappa shape index (κ2) is 7.86. The highest BCUT2D eigenvalue weighted by atomic mass is 19.4. The smallest absolute Gasteiger partial charge is 0.305 e. The summed E-state index contributed by atoms with van der Waals surface area (Å²) in [5.41, 5.74) is -1.65. The van der Waals surface area contributed by atoms with Crippen LogP contribution >= 0.6 is 0 Å². The van der Waals surface area contributed by atoms with E-state index in [0.717, 1.165) is 12.1 Å². The largest absolute Gasteiger partial charge is 0.435 e. The maximum absolute atomic E-state index is 13.6. The van der Waals surface area contributed by atoms with Gasteiger partial charge in [-0.3, -0.25) is 0 Å². The highest BCUT2D eigenvalue weighted by Gasteiger charge is 2.38. The van der Waals surface area contributed by atoms with Crippen LogP contribution in [-0.2, 0) is 6.18 Å². The van der Waals surface area contributed by atoms with Crippen LogP contribution in [0.1, 0.15) is 5.69 Å². The average molecular weight is 389 g/mol. The average Bonchev–Trinajstić information content (AvgIpc) is 2.67. The predicted octanol–water partition coefficient (Wildman–Crippen LogP) is 5.67. The molecule has 0 saturated carbocycles. The van der Waals surface area contributed by atoms with Crippen LogP contribution in [0.3, 0.4) is 0 Å². The molecular weight excluding hydrogens is 378 g/mol. The number of alkyl halides is 3. The monoisotopic (exact) mass is 389 g/mol. The molecular formula is C17H11F4N7. The van der Waals surface area contributed by atoms with Gasteiger partial charge < -0.3 is 5.84 Å². The predicted molar refractivity (Wildman–Crippen MR) is 91.7 cm³/mol. The molecule has 0 radical (unpaired) electrons. The van der Waals surface area contributed by atoms with Gasteiger partial charge in [0.05, 0.1) is 5.69 Å². The lowest BCUT2D eigenvalue weighted by molar-refractivity contribution is -0.140. The first-order valence-electron chi connectivity index (χ1n) is 7.71. The second-order valence-corrected chi connectivity index (χ2v) is 5.32. The number of azo groups is 1. The Morgan fingerprint density at radius 3 is 2.11 bits per heavy atom. The lowest BCUT2D eigenvalue weighted by Crippen LogP contribution is -2.10. The van der Waals surface area contributed by atoms with Gasteiger partial charge in [0.2, 0.25) is 5.82 Å². The van der Waals surface area contributed by atoms with Crippen molar-refractivity contribution in [1.29, 1.82) is 0 Å². The van der Waals surface area contributed by atoms with Crippen LogP contribution in [0, 0.1) is 5.82 Å². The summed E-state index contributed by atoms with van der Waals surface area (Å²) in [6, 6.07) is 12.7. The van der Waals surface area contributed by atoms with E-state index in [1.807, 2.05) is 0 Å². The maximum atomic E-state index is 13.6. The maximum Gasteiger partial charge on any atom is 0.435 e. The van der Waals surface area contributed by atoms with Gasteiger partial charge in [0.15, 0.2) is 17.2 Å². The van der Waals surface area contributed by atoms with Gasteiger partial charge >= 0.3 is 6.18 Å². The van der Waals surface area contributed by atoms with Crippen LogP contribution in [0.4, 0.5) is 34.8 Å². The van der Waals surface area contributed by atoms with Crippen molar-refractivity contribution in [3.63, 3.8) is 0 Å². The third kappa shape index (κ3) is 4.31. The molecule has 0 amide bonds. The summed E-state index contributed by atoms with van der Waals surface area (Å²) in [6.45, 7) is 0. The summed E-state index contributed by atoms with van der Waals surface area (Å²) in [6.07, 6.45) is -4.89. The Balaban J connectivity index is 2.19. The fraction of sp³-hybridized carbons (Fsp3) is 0.0588. The van der Waals surface area contributed by atoms with Gasteiger partial charge in [0.1, 0.15) is 5.82 Å². The molecule has 0 bridgehead atoms. The summed E-state index contributed by atoms with van der Waals surface area (Å²) in [5, 5.41) is 13.8. The molecule has 28 heavy (non-hydrogen) atoms. The molecule has 0 unspecified atom stereocenters. The Morgan fingerprint density at radius 2 is 1.50 bits per heavy atom. The molecule has 0 atom stereocenters. The molecule has 0 fully saturated rings. The zero-order valence-corrected chi connectivity index (χ0v) is 14.0. The summed E-state index contributed by atoms with van der Waals surface area (Å²) >= 11 is 0. The first-order valence-corrected chi connectivity index (χ1v) is 7.71. The first-order chi connectivity index (χ1) is 13.4. The quantitative estimate of drug-likeness (QED) is 0.269. The van der Waals surface area contributed by atoms with Gasteiger partial charge in [0, 0.05) is 5.56 Å². The van der Waals surface area contributed by atoms with Crippen molar-refractivity contribution >= 4 is 17.2 Å². The molecule has 1 aromatic heterocycles. The number of halogens is 4. The number of hydrogen-bond acceptors (Lipinski definition) is 6. The third-order valence-corrected chi connectivity index (χ3v) is 3.41. The Morgan fingerprint density at radius 1 is 0.821 bits per heavy atom. The molecule has 0 saturated heterocycles. The summed E-state index contributed by atoms with van der Waals surface area (Å²) in [5.74, 6) is 3.58. The summed E-state index contributed by atoms with van der Waals surface area (Å²) in [7, 11) is 0. The van der Waals surface area contributed by atoms with Crippen molar-refractivity contribution in [1.82, 2.24) is 9.97 Å². The van der Waals surface area contributed by atoms with Crippen LogP contribution in [0.5, 0.6) is 0 Å². The second-order valence-electron chi connectivity index (χ2n) is 5.32. The van der Waals surface area contributed by atoms with Crippen molar-refractivity contribution in [3.05, 3.63) is 66.1 Å². The van der Waals surface area contributed by atoms with Gasteiger partial charge in [0.25, 0.3) is 0 Å². The molecule has 0 spiro atoms. The number of benzene rings is 2. The Bertz CT molecular complexity index is 1020. The standard InChI is InChI=1S/C17H11F4N7/c18-11-8-6-10(7-9-11)15-23-14(17(19,20)21)13(16(24-15)27-28-22)26-25-12-4-2-1-3-5-12/h1-9H,(H2,22,23,24,27). The molecule has 0 aliphatic rings. The van der Waals surface area contributed by atoms with Crippen LogP contribution in [-0.4, -0.2) is 9.97 Å². The highest BCUT2D eigenvalue weighted by Crippen LogP contribution is 2.41. The Hall–Kier alpha value is -3.76. The Labute approximate surface area is 155 Å². The van der Waals surface area contributed by atoms with E-state index in [9.17, 15) is 17.6 Å². The Kier molecular flexibility index (Phi) is 5.34. The molecule has 3 aromatic rings. The minimum atomic E-state index is -4.89. The molecule has 0 aliphatic heterocycles. The minimum absolute atomic E-state index is 0.145. The van der Waals surface area contributed by atoms with Crippen molar-refractivity contribution in [2.45, 2.75) is 6.18 Å². The van der Waals surface area contributed by atoms with E-state index < -0.39 is 29.2 Å². The number of rotatable bonds is 4. The zero-order valence-electron chi connectivity index (χ0n) is 14.0. The molecule has 2 aromatic carbocycles. The third-order valence-electron chi connectivity index (χ3n) is 3.41. The number of nitrogens with two attached hydrogens (primary N) is 1. The highest BCUT2D eigenvalue weighted by molar-refractivity contribution is 5.66. The normalized spacial score (nSPS) is 12.1. The van der Waals surface area contributed by atoms with E-state index in [4.69, 9.17) is 5.84 Å². The first kappa shape index (κ1) is 19.0. The van der Waals surface area contributed by atoms with Gasteiger partial charge in [-0.1, -0.05) is 23.4 Å². The zero-order chi connectivity index (χ0) is 20.1. The van der Waals surface area contributed by atoms with Gasteiger partial charge in [-0.25, -0.2) is 14.4 Å². The fourth-order valence-corrected chi connectivity index (χ4v) is 2.19. The topological polar surface area (TPSA) is 101 Å². The van der Waals surface area contributed by atoms with Crippen LogP contribution in [0.15, 0.2) is 75.2 Å². The van der Waals surface area contributed by atoms with E-state index in [2.05, 4.69) is 30.5 Å². The summed E-state index contributed by atoms with van der Waals surface area (Å²) in [4.78, 5) is 7.47. The molecule has 0 aliphatic carbocycles. The van der Waals surface area contributed by atoms with E-state index >= 15 is 0 Å². The van der Waals surface area contributed by atoms with Crippen LogP contribution in [0.2, 0.25) is 0 Å². The van der Waals surface area contributed by atoms with Gasteiger partial charge in [-0.2, -0.15) is 18.3 Å². The van der Waals surface area contributed by atoms with Gasteiger partial charge in [-0.05, 0) is 36.4 Å². The van der Waals surface area contributed by atoms with Crippen molar-refractivity contribution in [2.75, 3.05) is 0 Å². The lowest BCUT2D eigenvalue weighted by Gasteiger charge is -2.11. The number of hydrogen-bond donors (Lipinski definition) is 1. The number of aromatic nitrogens is 2. The minimum Gasteiger partial charge on any atom is -0.305 e. The fourth-order valence-electron chi connectivity index (χ4n) is 2.19. The lowest BCUT2D eigenvalue weighted by atomic mass is 10.2. The molecule has 11 heteroatoms. The molecule has 7 nitrogen and oxygen atoms in total.